The molecule has 1 aromatic carbocycles. The van der Waals surface area contributed by atoms with Crippen LogP contribution < -0.4 is 5.32 Å². The van der Waals surface area contributed by atoms with E-state index in [1.54, 1.807) is 0 Å². The van der Waals surface area contributed by atoms with E-state index in [0.29, 0.717) is 5.92 Å². The van der Waals surface area contributed by atoms with Gasteiger partial charge in [-0.15, -0.1) is 0 Å². The van der Waals surface area contributed by atoms with E-state index in [9.17, 15) is 0 Å². The van der Waals surface area contributed by atoms with Gasteiger partial charge in [0.05, 0.1) is 0 Å². The maximum atomic E-state index is 3.61. The number of likely N-dealkylation sites (tertiary alicyclic amines) is 1. The highest BCUT2D eigenvalue weighted by Gasteiger charge is 2.21. The maximum absolute atomic E-state index is 3.61. The molecule has 1 aliphatic heterocycles. The molecule has 19 heavy (non-hydrogen) atoms. The summed E-state index contributed by atoms with van der Waals surface area (Å²) in [7, 11) is 0. The zero-order valence-electron chi connectivity index (χ0n) is 12.7. The highest BCUT2D eigenvalue weighted by Crippen LogP contribution is 2.16. The number of nitrogens with zero attached hydrogens (tertiary/aromatic N) is 1. The van der Waals surface area contributed by atoms with Crippen molar-refractivity contribution in [3.05, 3.63) is 35.4 Å². The summed E-state index contributed by atoms with van der Waals surface area (Å²) in [6, 6.07) is 9.79. The first-order chi connectivity index (χ1) is 9.20. The molecule has 1 aromatic rings. The number of nitrogens with one attached hydrogen (secondary N) is 1. The third-order valence-electron chi connectivity index (χ3n) is 4.26. The minimum atomic E-state index is 0.624. The standard InChI is InChI=1S/C17H28N2/c1-4-19-11-5-6-17(19)13-18-12-15-7-9-16(10-8-15)14(2)3/h7-10,14,17-18H,4-6,11-13H2,1-3H3/t17-/m1/s1. The van der Waals surface area contributed by atoms with Gasteiger partial charge in [-0.05, 0) is 43.0 Å². The van der Waals surface area contributed by atoms with Crippen molar-refractivity contribution in [1.82, 2.24) is 10.2 Å². The molecule has 1 N–H and O–H groups in total. The fourth-order valence-corrected chi connectivity index (χ4v) is 2.95. The van der Waals surface area contributed by atoms with E-state index >= 15 is 0 Å². The monoisotopic (exact) mass is 260 g/mol. The Morgan fingerprint density at radius 3 is 2.63 bits per heavy atom. The molecule has 106 valence electrons. The highest BCUT2D eigenvalue weighted by atomic mass is 15.2. The van der Waals surface area contributed by atoms with Gasteiger partial charge in [-0.1, -0.05) is 45.0 Å². The first kappa shape index (κ1) is 14.5. The summed E-state index contributed by atoms with van der Waals surface area (Å²) >= 11 is 0. The van der Waals surface area contributed by atoms with Crippen LogP contribution in [-0.2, 0) is 6.54 Å². The third-order valence-corrected chi connectivity index (χ3v) is 4.26. The lowest BCUT2D eigenvalue weighted by atomic mass is 10.0. The van der Waals surface area contributed by atoms with Crippen molar-refractivity contribution >= 4 is 0 Å². The van der Waals surface area contributed by atoms with Crippen LogP contribution in [0, 0.1) is 0 Å². The van der Waals surface area contributed by atoms with Gasteiger partial charge < -0.3 is 5.32 Å². The lowest BCUT2D eigenvalue weighted by Gasteiger charge is -2.23. The average Bonchev–Trinajstić information content (AvgIpc) is 2.87. The smallest absolute Gasteiger partial charge is 0.0221 e. The Morgan fingerprint density at radius 2 is 2.00 bits per heavy atom. The summed E-state index contributed by atoms with van der Waals surface area (Å²) in [5, 5.41) is 3.61. The van der Waals surface area contributed by atoms with Gasteiger partial charge in [0.2, 0.25) is 0 Å². The maximum Gasteiger partial charge on any atom is 0.0221 e. The molecule has 0 saturated carbocycles. The first-order valence-electron chi connectivity index (χ1n) is 7.74. The Hall–Kier alpha value is -0.860. The van der Waals surface area contributed by atoms with Crippen LogP contribution in [0.4, 0.5) is 0 Å². The fourth-order valence-electron chi connectivity index (χ4n) is 2.95. The SMILES string of the molecule is CCN1CCC[C@@H]1CNCc1ccc(C(C)C)cc1. The Labute approximate surface area is 118 Å². The third kappa shape index (κ3) is 4.05. The van der Waals surface area contributed by atoms with Crippen LogP contribution in [0.3, 0.4) is 0 Å². The van der Waals surface area contributed by atoms with Gasteiger partial charge in [-0.25, -0.2) is 0 Å². The lowest BCUT2D eigenvalue weighted by molar-refractivity contribution is 0.260. The topological polar surface area (TPSA) is 15.3 Å². The van der Waals surface area contributed by atoms with Crippen molar-refractivity contribution in [2.24, 2.45) is 0 Å². The molecule has 0 aliphatic carbocycles. The van der Waals surface area contributed by atoms with Crippen molar-refractivity contribution in [1.29, 1.82) is 0 Å². The first-order valence-corrected chi connectivity index (χ1v) is 7.74. The number of likely N-dealkylation sites (N-methyl/N-ethyl adjacent to an activating group) is 1. The second-order valence-corrected chi connectivity index (χ2v) is 5.95. The molecular formula is C17H28N2. The largest absolute Gasteiger partial charge is 0.311 e. The molecule has 1 fully saturated rings. The van der Waals surface area contributed by atoms with Gasteiger partial charge >= 0.3 is 0 Å². The predicted molar refractivity (Wildman–Crippen MR) is 82.5 cm³/mol. The molecule has 2 rings (SSSR count). The quantitative estimate of drug-likeness (QED) is 0.843. The predicted octanol–water partition coefficient (Wildman–Crippen LogP) is 3.38. The second-order valence-electron chi connectivity index (χ2n) is 5.95. The molecular weight excluding hydrogens is 232 g/mol. The Bertz CT molecular complexity index is 369. The molecule has 0 spiro atoms. The number of hydrogen-bond donors (Lipinski definition) is 1. The molecule has 1 heterocycles. The highest BCUT2D eigenvalue weighted by molar-refractivity contribution is 5.24. The van der Waals surface area contributed by atoms with Crippen molar-refractivity contribution < 1.29 is 0 Å². The van der Waals surface area contributed by atoms with E-state index in [0.717, 1.165) is 19.1 Å². The summed E-state index contributed by atoms with van der Waals surface area (Å²) in [6.45, 7) is 11.3. The van der Waals surface area contributed by atoms with Gasteiger partial charge in [0.15, 0.2) is 0 Å². The molecule has 1 saturated heterocycles. The van der Waals surface area contributed by atoms with Gasteiger partial charge in [0.1, 0.15) is 0 Å². The second kappa shape index (κ2) is 7.06. The molecule has 0 aromatic heterocycles. The Balaban J connectivity index is 1.76. The summed E-state index contributed by atoms with van der Waals surface area (Å²) in [4.78, 5) is 2.59. The van der Waals surface area contributed by atoms with E-state index in [1.807, 2.05) is 0 Å². The van der Waals surface area contributed by atoms with Crippen molar-refractivity contribution in [3.8, 4) is 0 Å². The van der Waals surface area contributed by atoms with Crippen molar-refractivity contribution in [2.75, 3.05) is 19.6 Å². The summed E-state index contributed by atoms with van der Waals surface area (Å²) in [6.07, 6.45) is 2.72. The van der Waals surface area contributed by atoms with Crippen molar-refractivity contribution in [3.63, 3.8) is 0 Å². The van der Waals surface area contributed by atoms with E-state index in [2.05, 4.69) is 55.3 Å². The zero-order chi connectivity index (χ0) is 13.7. The fraction of sp³-hybridized carbons (Fsp3) is 0.647. The zero-order valence-corrected chi connectivity index (χ0v) is 12.7. The van der Waals surface area contributed by atoms with Crippen LogP contribution in [0.1, 0.15) is 50.7 Å². The summed E-state index contributed by atoms with van der Waals surface area (Å²) in [5.41, 5.74) is 2.82. The molecule has 0 bridgehead atoms. The van der Waals surface area contributed by atoms with E-state index in [1.165, 1.54) is 37.1 Å². The van der Waals surface area contributed by atoms with E-state index in [-0.39, 0.29) is 0 Å². The van der Waals surface area contributed by atoms with Crippen LogP contribution in [0.25, 0.3) is 0 Å². The van der Waals surface area contributed by atoms with Crippen molar-refractivity contribution in [2.45, 2.75) is 52.1 Å². The van der Waals surface area contributed by atoms with Crippen LogP contribution >= 0.6 is 0 Å². The van der Waals surface area contributed by atoms with Crippen LogP contribution in [0.2, 0.25) is 0 Å². The van der Waals surface area contributed by atoms with Gasteiger partial charge in [0, 0.05) is 19.1 Å². The van der Waals surface area contributed by atoms with Crippen LogP contribution in [-0.4, -0.2) is 30.6 Å². The minimum absolute atomic E-state index is 0.624. The van der Waals surface area contributed by atoms with Gasteiger partial charge in [0.25, 0.3) is 0 Å². The molecule has 0 amide bonds. The number of benzene rings is 1. The number of rotatable bonds is 6. The molecule has 2 heteroatoms. The molecule has 1 aliphatic rings. The normalized spacial score (nSPS) is 20.3. The molecule has 1 atom stereocenters. The lowest BCUT2D eigenvalue weighted by Crippen LogP contribution is -2.37. The summed E-state index contributed by atoms with van der Waals surface area (Å²) in [5.74, 6) is 0.624. The summed E-state index contributed by atoms with van der Waals surface area (Å²) < 4.78 is 0. The van der Waals surface area contributed by atoms with E-state index in [4.69, 9.17) is 0 Å². The Kier molecular flexibility index (Phi) is 5.41. The minimum Gasteiger partial charge on any atom is -0.311 e. The van der Waals surface area contributed by atoms with E-state index < -0.39 is 0 Å². The molecule has 0 unspecified atom stereocenters. The Morgan fingerprint density at radius 1 is 1.26 bits per heavy atom. The van der Waals surface area contributed by atoms with Gasteiger partial charge in [-0.2, -0.15) is 0 Å². The molecule has 2 nitrogen and oxygen atoms in total. The van der Waals surface area contributed by atoms with Crippen LogP contribution in [0.15, 0.2) is 24.3 Å². The number of hydrogen-bond acceptors (Lipinski definition) is 2. The van der Waals surface area contributed by atoms with Gasteiger partial charge in [-0.3, -0.25) is 4.90 Å². The molecule has 0 radical (unpaired) electrons. The average molecular weight is 260 g/mol. The van der Waals surface area contributed by atoms with Crippen LogP contribution in [0.5, 0.6) is 0 Å².